The third kappa shape index (κ3) is 5.10. The molecule has 0 aliphatic heterocycles. The molecule has 0 atom stereocenters. The molecule has 0 aliphatic rings. The van der Waals surface area contributed by atoms with E-state index in [1.165, 1.54) is 24.3 Å². The molecule has 140 valence electrons. The maximum atomic E-state index is 12.2. The van der Waals surface area contributed by atoms with E-state index < -0.39 is 12.4 Å². The Morgan fingerprint density at radius 2 is 1.89 bits per heavy atom. The molecule has 0 radical (unpaired) electrons. The Kier molecular flexibility index (Phi) is 5.16. The molecule has 0 fully saturated rings. The number of rotatable bonds is 4. The van der Waals surface area contributed by atoms with E-state index in [1.54, 1.807) is 12.3 Å². The van der Waals surface area contributed by atoms with Crippen molar-refractivity contribution in [3.63, 3.8) is 0 Å². The minimum Gasteiger partial charge on any atom is -0.406 e. The molecule has 1 heterocycles. The van der Waals surface area contributed by atoms with Crippen LogP contribution in [-0.4, -0.2) is 17.4 Å². The van der Waals surface area contributed by atoms with E-state index >= 15 is 0 Å². The van der Waals surface area contributed by atoms with E-state index in [1.807, 2.05) is 25.1 Å². The summed E-state index contributed by atoms with van der Waals surface area (Å²) in [5.74, 6) is -0.310. The maximum Gasteiger partial charge on any atom is 0.573 e. The zero-order valence-electron chi connectivity index (χ0n) is 14.3. The number of urea groups is 1. The highest BCUT2D eigenvalue weighted by molar-refractivity contribution is 6.01. The molecule has 1 aromatic heterocycles. The summed E-state index contributed by atoms with van der Waals surface area (Å²) in [6, 6.07) is 12.3. The normalized spacial score (nSPS) is 11.3. The van der Waals surface area contributed by atoms with Gasteiger partial charge in [-0.05, 0) is 36.8 Å². The van der Waals surface area contributed by atoms with E-state index in [2.05, 4.69) is 20.4 Å². The molecule has 2 aromatic carbocycles. The van der Waals surface area contributed by atoms with Crippen LogP contribution in [0, 0.1) is 6.92 Å². The summed E-state index contributed by atoms with van der Waals surface area (Å²) in [7, 11) is 0. The molecule has 5 nitrogen and oxygen atoms in total. The molecular formula is C19H16F3N3O2. The van der Waals surface area contributed by atoms with Crippen LogP contribution in [-0.2, 0) is 6.54 Å². The van der Waals surface area contributed by atoms with Crippen molar-refractivity contribution in [2.24, 2.45) is 0 Å². The lowest BCUT2D eigenvalue weighted by Gasteiger charge is -2.11. The number of amides is 2. The predicted octanol–water partition coefficient (Wildman–Crippen LogP) is 4.76. The highest BCUT2D eigenvalue weighted by atomic mass is 19.4. The van der Waals surface area contributed by atoms with Crippen LogP contribution in [0.3, 0.4) is 0 Å². The molecule has 3 rings (SSSR count). The first-order valence-electron chi connectivity index (χ1n) is 8.05. The lowest BCUT2D eigenvalue weighted by molar-refractivity contribution is -0.274. The predicted molar refractivity (Wildman–Crippen MR) is 95.5 cm³/mol. The van der Waals surface area contributed by atoms with Crippen LogP contribution in [0.4, 0.5) is 23.7 Å². The van der Waals surface area contributed by atoms with Crippen molar-refractivity contribution in [3.8, 4) is 5.75 Å². The molecule has 0 saturated heterocycles. The summed E-state index contributed by atoms with van der Waals surface area (Å²) >= 11 is 0. The molecule has 2 N–H and O–H groups in total. The van der Waals surface area contributed by atoms with E-state index in [9.17, 15) is 18.0 Å². The van der Waals surface area contributed by atoms with Crippen molar-refractivity contribution >= 4 is 22.5 Å². The van der Waals surface area contributed by atoms with Gasteiger partial charge in [0.05, 0.1) is 5.69 Å². The zero-order valence-corrected chi connectivity index (χ0v) is 14.3. The summed E-state index contributed by atoms with van der Waals surface area (Å²) in [6.07, 6.45) is -3.00. The Bertz CT molecular complexity index is 957. The summed E-state index contributed by atoms with van der Waals surface area (Å²) in [6.45, 7) is 2.02. The van der Waals surface area contributed by atoms with Gasteiger partial charge in [-0.25, -0.2) is 4.79 Å². The number of carbonyl (C=O) groups excluding carboxylic acids is 1. The average molecular weight is 375 g/mol. The number of benzene rings is 2. The first kappa shape index (κ1) is 18.5. The van der Waals surface area contributed by atoms with Crippen molar-refractivity contribution in [2.75, 3.05) is 5.32 Å². The minimum atomic E-state index is -4.73. The number of aryl methyl sites for hydroxylation is 1. The lowest BCUT2D eigenvalue weighted by atomic mass is 10.1. The van der Waals surface area contributed by atoms with Crippen molar-refractivity contribution in [3.05, 3.63) is 66.0 Å². The Balaban J connectivity index is 1.61. The van der Waals surface area contributed by atoms with E-state index in [-0.39, 0.29) is 12.3 Å². The summed E-state index contributed by atoms with van der Waals surface area (Å²) in [5, 5.41) is 7.21. The number of nitrogens with zero attached hydrogens (tertiary/aromatic N) is 1. The number of fused-ring (bicyclic) bond motifs is 1. The van der Waals surface area contributed by atoms with Gasteiger partial charge in [-0.15, -0.1) is 13.2 Å². The number of hydrogen-bond donors (Lipinski definition) is 2. The quantitative estimate of drug-likeness (QED) is 0.691. The Labute approximate surface area is 153 Å². The van der Waals surface area contributed by atoms with E-state index in [4.69, 9.17) is 0 Å². The molecule has 0 unspecified atom stereocenters. The number of ether oxygens (including phenoxy) is 1. The van der Waals surface area contributed by atoms with Gasteiger partial charge in [-0.1, -0.05) is 24.3 Å². The maximum absolute atomic E-state index is 12.2. The van der Waals surface area contributed by atoms with Gasteiger partial charge in [0.25, 0.3) is 0 Å². The van der Waals surface area contributed by atoms with Crippen LogP contribution >= 0.6 is 0 Å². The highest BCUT2D eigenvalue weighted by Crippen LogP contribution is 2.24. The van der Waals surface area contributed by atoms with Gasteiger partial charge < -0.3 is 15.4 Å². The number of hydrogen-bond acceptors (Lipinski definition) is 3. The summed E-state index contributed by atoms with van der Waals surface area (Å²) < 4.78 is 40.2. The fraction of sp³-hybridized carbons (Fsp3) is 0.158. The first-order chi connectivity index (χ1) is 12.8. The van der Waals surface area contributed by atoms with Crippen molar-refractivity contribution in [2.45, 2.75) is 19.8 Å². The number of nitrogens with one attached hydrogen (secondary N) is 2. The van der Waals surface area contributed by atoms with Gasteiger partial charge in [0, 0.05) is 29.2 Å². The number of halogens is 3. The van der Waals surface area contributed by atoms with Crippen molar-refractivity contribution < 1.29 is 22.7 Å². The first-order valence-corrected chi connectivity index (χ1v) is 8.05. The van der Waals surface area contributed by atoms with Crippen LogP contribution in [0.2, 0.25) is 0 Å². The standard InChI is InChI=1S/C19H16F3N3O2/c1-12-9-16-14(11-23-12)3-2-4-17(16)25-18(26)24-10-13-5-7-15(8-6-13)27-19(20,21)22/h2-9,11H,10H2,1H3,(H2,24,25,26). The molecule has 0 bridgehead atoms. The molecule has 0 saturated carbocycles. The molecule has 2 amide bonds. The number of carbonyl (C=O) groups is 1. The second-order valence-corrected chi connectivity index (χ2v) is 5.85. The van der Waals surface area contributed by atoms with Gasteiger partial charge in [0.2, 0.25) is 0 Å². The topological polar surface area (TPSA) is 63.2 Å². The minimum absolute atomic E-state index is 0.156. The van der Waals surface area contributed by atoms with Gasteiger partial charge in [-0.2, -0.15) is 0 Å². The van der Waals surface area contributed by atoms with Crippen LogP contribution in [0.1, 0.15) is 11.3 Å². The van der Waals surface area contributed by atoms with Crippen molar-refractivity contribution in [1.29, 1.82) is 0 Å². The fourth-order valence-electron chi connectivity index (χ4n) is 2.54. The fourth-order valence-corrected chi connectivity index (χ4v) is 2.54. The Morgan fingerprint density at radius 1 is 1.15 bits per heavy atom. The summed E-state index contributed by atoms with van der Waals surface area (Å²) in [4.78, 5) is 16.4. The third-order valence-corrected chi connectivity index (χ3v) is 3.76. The zero-order chi connectivity index (χ0) is 19.4. The van der Waals surface area contributed by atoms with Crippen LogP contribution < -0.4 is 15.4 Å². The number of alkyl halides is 3. The highest BCUT2D eigenvalue weighted by Gasteiger charge is 2.30. The average Bonchev–Trinajstić information content (AvgIpc) is 2.60. The van der Waals surface area contributed by atoms with Gasteiger partial charge >= 0.3 is 12.4 Å². The van der Waals surface area contributed by atoms with E-state index in [0.717, 1.165) is 16.5 Å². The Hall–Kier alpha value is -3.29. The molecule has 3 aromatic rings. The van der Waals surface area contributed by atoms with Crippen LogP contribution in [0.15, 0.2) is 54.7 Å². The molecule has 8 heteroatoms. The van der Waals surface area contributed by atoms with Gasteiger partial charge in [-0.3, -0.25) is 4.98 Å². The van der Waals surface area contributed by atoms with Crippen molar-refractivity contribution in [1.82, 2.24) is 10.3 Å². The molecule has 0 spiro atoms. The Morgan fingerprint density at radius 3 is 2.59 bits per heavy atom. The molecular weight excluding hydrogens is 359 g/mol. The number of anilines is 1. The smallest absolute Gasteiger partial charge is 0.406 e. The second-order valence-electron chi connectivity index (χ2n) is 5.85. The van der Waals surface area contributed by atoms with Crippen LogP contribution in [0.25, 0.3) is 10.8 Å². The summed E-state index contributed by atoms with van der Waals surface area (Å²) in [5.41, 5.74) is 2.11. The second kappa shape index (κ2) is 7.53. The van der Waals surface area contributed by atoms with Crippen LogP contribution in [0.5, 0.6) is 5.75 Å². The SMILES string of the molecule is Cc1cc2c(NC(=O)NCc3ccc(OC(F)(F)F)cc3)cccc2cn1. The third-order valence-electron chi connectivity index (χ3n) is 3.76. The number of pyridine rings is 1. The molecule has 0 aliphatic carbocycles. The lowest BCUT2D eigenvalue weighted by Crippen LogP contribution is -2.28. The number of aromatic nitrogens is 1. The molecule has 27 heavy (non-hydrogen) atoms. The van der Waals surface area contributed by atoms with Gasteiger partial charge in [0.15, 0.2) is 0 Å². The van der Waals surface area contributed by atoms with Gasteiger partial charge in [0.1, 0.15) is 5.75 Å². The monoisotopic (exact) mass is 375 g/mol. The van der Waals surface area contributed by atoms with E-state index in [0.29, 0.717) is 11.3 Å². The largest absolute Gasteiger partial charge is 0.573 e.